The van der Waals surface area contributed by atoms with Gasteiger partial charge in [0.15, 0.2) is 0 Å². The molecule has 2 rings (SSSR count). The molecule has 2 heteroatoms. The summed E-state index contributed by atoms with van der Waals surface area (Å²) >= 11 is 0. The van der Waals surface area contributed by atoms with Crippen LogP contribution in [0.1, 0.15) is 13.3 Å². The van der Waals surface area contributed by atoms with Gasteiger partial charge in [0.1, 0.15) is 0 Å². The van der Waals surface area contributed by atoms with Crippen molar-refractivity contribution in [2.75, 3.05) is 31.1 Å². The molecule has 15 heavy (non-hydrogen) atoms. The fraction of sp³-hybridized carbons (Fsp3) is 0.538. The lowest BCUT2D eigenvalue weighted by molar-refractivity contribution is 0.329. The van der Waals surface area contributed by atoms with E-state index in [1.807, 2.05) is 0 Å². The second-order valence-corrected chi connectivity index (χ2v) is 4.23. The van der Waals surface area contributed by atoms with E-state index in [0.29, 0.717) is 0 Å². The largest absolute Gasteiger partial charge is 0.372 e. The number of para-hydroxylation sites is 1. The van der Waals surface area contributed by atoms with Gasteiger partial charge < -0.3 is 10.2 Å². The summed E-state index contributed by atoms with van der Waals surface area (Å²) < 4.78 is 0. The normalized spacial score (nSPS) is 16.1. The first kappa shape index (κ1) is 10.5. The van der Waals surface area contributed by atoms with Gasteiger partial charge >= 0.3 is 0 Å². The summed E-state index contributed by atoms with van der Waals surface area (Å²) in [6.45, 7) is 6.95. The number of nitrogens with one attached hydrogen (secondary N) is 1. The molecule has 0 atom stereocenters. The average molecular weight is 204 g/mol. The Balaban J connectivity index is 1.86. The third-order valence-corrected chi connectivity index (χ3v) is 3.18. The highest BCUT2D eigenvalue weighted by molar-refractivity contribution is 5.45. The molecule has 0 aromatic heterocycles. The van der Waals surface area contributed by atoms with E-state index in [9.17, 15) is 0 Å². The minimum Gasteiger partial charge on any atom is -0.372 e. The first-order chi connectivity index (χ1) is 7.40. The molecule has 1 aliphatic rings. The molecule has 1 aromatic rings. The maximum absolute atomic E-state index is 3.32. The smallest absolute Gasteiger partial charge is 0.0366 e. The summed E-state index contributed by atoms with van der Waals surface area (Å²) in [6.07, 6.45) is 1.32. The van der Waals surface area contributed by atoms with E-state index < -0.39 is 0 Å². The Morgan fingerprint density at radius 1 is 1.27 bits per heavy atom. The Hall–Kier alpha value is -1.02. The molecule has 0 amide bonds. The highest BCUT2D eigenvalue weighted by Crippen LogP contribution is 2.16. The van der Waals surface area contributed by atoms with E-state index in [1.54, 1.807) is 0 Å². The van der Waals surface area contributed by atoms with E-state index in [4.69, 9.17) is 0 Å². The summed E-state index contributed by atoms with van der Waals surface area (Å²) in [5, 5.41) is 3.32. The second-order valence-electron chi connectivity index (χ2n) is 4.23. The lowest BCUT2D eigenvalue weighted by Crippen LogP contribution is -2.43. The molecule has 0 saturated carbocycles. The molecule has 1 heterocycles. The fourth-order valence-corrected chi connectivity index (χ4v) is 2.00. The van der Waals surface area contributed by atoms with Gasteiger partial charge in [0, 0.05) is 18.8 Å². The predicted octanol–water partition coefficient (Wildman–Crippen LogP) is 2.12. The van der Waals surface area contributed by atoms with Crippen LogP contribution in [-0.4, -0.2) is 26.2 Å². The van der Waals surface area contributed by atoms with Crippen LogP contribution in [0.2, 0.25) is 0 Å². The number of nitrogens with zero attached hydrogens (tertiary/aromatic N) is 1. The quantitative estimate of drug-likeness (QED) is 0.790. The van der Waals surface area contributed by atoms with Crippen LogP contribution < -0.4 is 10.2 Å². The van der Waals surface area contributed by atoms with Crippen molar-refractivity contribution in [3.63, 3.8) is 0 Å². The monoisotopic (exact) mass is 204 g/mol. The standard InChI is InChI=1S/C13H20N2/c1-2-15(9-8-12-10-14-11-12)13-6-4-3-5-7-13/h3-7,12,14H,2,8-11H2,1H3. The zero-order chi connectivity index (χ0) is 10.5. The van der Waals surface area contributed by atoms with Gasteiger partial charge in [-0.05, 0) is 44.5 Å². The Kier molecular flexibility index (Phi) is 3.62. The van der Waals surface area contributed by atoms with E-state index in [-0.39, 0.29) is 0 Å². The van der Waals surface area contributed by atoms with Gasteiger partial charge in [0.2, 0.25) is 0 Å². The van der Waals surface area contributed by atoms with Gasteiger partial charge in [-0.25, -0.2) is 0 Å². The van der Waals surface area contributed by atoms with Crippen LogP contribution in [0.25, 0.3) is 0 Å². The van der Waals surface area contributed by atoms with Gasteiger partial charge in [0.05, 0.1) is 0 Å². The lowest BCUT2D eigenvalue weighted by atomic mass is 9.99. The summed E-state index contributed by atoms with van der Waals surface area (Å²) in [5.74, 6) is 0.905. The molecule has 0 bridgehead atoms. The SMILES string of the molecule is CCN(CCC1CNC1)c1ccccc1. The third kappa shape index (κ3) is 2.72. The van der Waals surface area contributed by atoms with Crippen LogP contribution in [0.15, 0.2) is 30.3 Å². The van der Waals surface area contributed by atoms with Crippen LogP contribution in [0.4, 0.5) is 5.69 Å². The van der Waals surface area contributed by atoms with E-state index in [1.165, 1.54) is 31.7 Å². The molecule has 0 unspecified atom stereocenters. The van der Waals surface area contributed by atoms with Crippen LogP contribution in [0.3, 0.4) is 0 Å². The molecule has 0 radical (unpaired) electrons. The Bertz CT molecular complexity index is 280. The topological polar surface area (TPSA) is 15.3 Å². The van der Waals surface area contributed by atoms with Crippen LogP contribution >= 0.6 is 0 Å². The molecule has 1 fully saturated rings. The van der Waals surface area contributed by atoms with Gasteiger partial charge in [-0.2, -0.15) is 0 Å². The Morgan fingerprint density at radius 3 is 2.53 bits per heavy atom. The summed E-state index contributed by atoms with van der Waals surface area (Å²) in [5.41, 5.74) is 1.35. The fourth-order valence-electron chi connectivity index (χ4n) is 2.00. The third-order valence-electron chi connectivity index (χ3n) is 3.18. The van der Waals surface area contributed by atoms with Crippen molar-refractivity contribution >= 4 is 5.69 Å². The molecule has 1 saturated heterocycles. The van der Waals surface area contributed by atoms with Crippen molar-refractivity contribution in [1.82, 2.24) is 5.32 Å². The van der Waals surface area contributed by atoms with Crippen LogP contribution in [0.5, 0.6) is 0 Å². The zero-order valence-corrected chi connectivity index (χ0v) is 9.45. The Morgan fingerprint density at radius 2 is 2.00 bits per heavy atom. The highest BCUT2D eigenvalue weighted by Gasteiger charge is 2.17. The molecule has 0 spiro atoms. The zero-order valence-electron chi connectivity index (χ0n) is 9.45. The van der Waals surface area contributed by atoms with Crippen molar-refractivity contribution in [3.05, 3.63) is 30.3 Å². The maximum atomic E-state index is 3.32. The number of hydrogen-bond donors (Lipinski definition) is 1. The van der Waals surface area contributed by atoms with Gasteiger partial charge in [-0.15, -0.1) is 0 Å². The van der Waals surface area contributed by atoms with Crippen LogP contribution in [0, 0.1) is 5.92 Å². The number of anilines is 1. The van der Waals surface area contributed by atoms with E-state index >= 15 is 0 Å². The van der Waals surface area contributed by atoms with Crippen molar-refractivity contribution in [3.8, 4) is 0 Å². The van der Waals surface area contributed by atoms with Crippen molar-refractivity contribution in [2.24, 2.45) is 5.92 Å². The maximum Gasteiger partial charge on any atom is 0.0366 e. The summed E-state index contributed by atoms with van der Waals surface area (Å²) in [7, 11) is 0. The van der Waals surface area contributed by atoms with Crippen molar-refractivity contribution in [2.45, 2.75) is 13.3 Å². The summed E-state index contributed by atoms with van der Waals surface area (Å²) in [4.78, 5) is 2.46. The van der Waals surface area contributed by atoms with Gasteiger partial charge in [0.25, 0.3) is 0 Å². The second kappa shape index (κ2) is 5.17. The van der Waals surface area contributed by atoms with Gasteiger partial charge in [-0.1, -0.05) is 18.2 Å². The molecular weight excluding hydrogens is 184 g/mol. The molecule has 1 N–H and O–H groups in total. The minimum atomic E-state index is 0.905. The minimum absolute atomic E-state index is 0.905. The lowest BCUT2D eigenvalue weighted by Gasteiger charge is -2.30. The van der Waals surface area contributed by atoms with Crippen molar-refractivity contribution < 1.29 is 0 Å². The van der Waals surface area contributed by atoms with Crippen molar-refractivity contribution in [1.29, 1.82) is 0 Å². The molecule has 1 aromatic carbocycles. The molecule has 82 valence electrons. The number of hydrogen-bond acceptors (Lipinski definition) is 2. The van der Waals surface area contributed by atoms with E-state index in [2.05, 4.69) is 47.5 Å². The number of benzene rings is 1. The van der Waals surface area contributed by atoms with Crippen LogP contribution in [-0.2, 0) is 0 Å². The van der Waals surface area contributed by atoms with E-state index in [0.717, 1.165) is 12.5 Å². The molecule has 1 aliphatic heterocycles. The first-order valence-electron chi connectivity index (χ1n) is 5.91. The summed E-state index contributed by atoms with van der Waals surface area (Å²) in [6, 6.07) is 10.7. The molecular formula is C13H20N2. The number of rotatable bonds is 5. The average Bonchev–Trinajstić information content (AvgIpc) is 2.23. The highest BCUT2D eigenvalue weighted by atomic mass is 15.1. The first-order valence-corrected chi connectivity index (χ1v) is 5.91. The molecule has 0 aliphatic carbocycles. The van der Waals surface area contributed by atoms with Gasteiger partial charge in [-0.3, -0.25) is 0 Å². The molecule has 2 nitrogen and oxygen atoms in total. The predicted molar refractivity (Wildman–Crippen MR) is 65.3 cm³/mol. The Labute approximate surface area is 92.3 Å².